The SMILES string of the molecule is CC.O=Nc1ccc(-c2n[nH]c(=S)n2-c2ccc(F)cc2)c(O)c1. The zero-order chi connectivity index (χ0) is 17.7. The maximum Gasteiger partial charge on any atom is 0.200 e. The summed E-state index contributed by atoms with van der Waals surface area (Å²) in [5, 5.41) is 19.5. The van der Waals surface area contributed by atoms with Crippen LogP contribution in [0.2, 0.25) is 0 Å². The Labute approximate surface area is 142 Å². The van der Waals surface area contributed by atoms with Gasteiger partial charge in [0.25, 0.3) is 0 Å². The van der Waals surface area contributed by atoms with E-state index in [-0.39, 0.29) is 17.3 Å². The van der Waals surface area contributed by atoms with Crippen LogP contribution in [-0.4, -0.2) is 19.9 Å². The van der Waals surface area contributed by atoms with Crippen molar-refractivity contribution < 1.29 is 9.50 Å². The zero-order valence-corrected chi connectivity index (χ0v) is 13.8. The van der Waals surface area contributed by atoms with Gasteiger partial charge in [0.15, 0.2) is 10.6 Å². The number of nitrogens with zero attached hydrogens (tertiary/aromatic N) is 3. The van der Waals surface area contributed by atoms with E-state index in [0.29, 0.717) is 21.8 Å². The highest BCUT2D eigenvalue weighted by Crippen LogP contribution is 2.32. The minimum absolute atomic E-state index is 0.101. The van der Waals surface area contributed by atoms with E-state index in [1.54, 1.807) is 16.7 Å². The van der Waals surface area contributed by atoms with Crippen molar-refractivity contribution in [1.29, 1.82) is 0 Å². The molecular formula is C16H15FN4O2S. The molecule has 24 heavy (non-hydrogen) atoms. The number of H-pyrrole nitrogens is 1. The van der Waals surface area contributed by atoms with Crippen molar-refractivity contribution in [3.63, 3.8) is 0 Å². The lowest BCUT2D eigenvalue weighted by Gasteiger charge is -2.08. The highest BCUT2D eigenvalue weighted by atomic mass is 32.1. The fraction of sp³-hybridized carbons (Fsp3) is 0.125. The van der Waals surface area contributed by atoms with E-state index in [2.05, 4.69) is 15.4 Å². The van der Waals surface area contributed by atoms with Crippen molar-refractivity contribution in [2.75, 3.05) is 0 Å². The average molecular weight is 346 g/mol. The summed E-state index contributed by atoms with van der Waals surface area (Å²) < 4.78 is 14.9. The number of hydrogen-bond acceptors (Lipinski definition) is 5. The summed E-state index contributed by atoms with van der Waals surface area (Å²) >= 11 is 5.18. The Balaban J connectivity index is 0.00000100. The number of halogens is 1. The molecule has 0 amide bonds. The summed E-state index contributed by atoms with van der Waals surface area (Å²) in [5.74, 6) is -0.189. The Bertz CT molecular complexity index is 903. The summed E-state index contributed by atoms with van der Waals surface area (Å²) in [7, 11) is 0. The third kappa shape index (κ3) is 3.38. The first-order chi connectivity index (χ1) is 11.6. The lowest BCUT2D eigenvalue weighted by molar-refractivity contribution is 0.477. The van der Waals surface area contributed by atoms with E-state index in [1.165, 1.54) is 30.3 Å². The van der Waals surface area contributed by atoms with Gasteiger partial charge in [0, 0.05) is 6.07 Å². The minimum atomic E-state index is -0.371. The molecule has 2 aromatic carbocycles. The molecule has 0 saturated carbocycles. The summed E-state index contributed by atoms with van der Waals surface area (Å²) in [4.78, 5) is 10.5. The Kier molecular flexibility index (Phi) is 5.54. The number of hydrogen-bond donors (Lipinski definition) is 2. The topological polar surface area (TPSA) is 83.3 Å². The van der Waals surface area contributed by atoms with Crippen LogP contribution in [0.25, 0.3) is 17.1 Å². The van der Waals surface area contributed by atoms with E-state index < -0.39 is 0 Å². The van der Waals surface area contributed by atoms with Gasteiger partial charge in [-0.15, -0.1) is 4.91 Å². The third-order valence-electron chi connectivity index (χ3n) is 3.08. The van der Waals surface area contributed by atoms with Gasteiger partial charge in [-0.25, -0.2) is 4.39 Å². The van der Waals surface area contributed by atoms with E-state index in [0.717, 1.165) is 0 Å². The van der Waals surface area contributed by atoms with Crippen LogP contribution in [0.3, 0.4) is 0 Å². The van der Waals surface area contributed by atoms with Crippen molar-refractivity contribution in [2.24, 2.45) is 5.18 Å². The molecule has 0 bridgehead atoms. The molecular weight excluding hydrogens is 331 g/mol. The van der Waals surface area contributed by atoms with Crippen LogP contribution in [0.5, 0.6) is 5.75 Å². The van der Waals surface area contributed by atoms with Crippen LogP contribution >= 0.6 is 12.2 Å². The molecule has 6 nitrogen and oxygen atoms in total. The highest BCUT2D eigenvalue weighted by molar-refractivity contribution is 7.71. The molecule has 2 N–H and O–H groups in total. The molecule has 0 saturated heterocycles. The van der Waals surface area contributed by atoms with Crippen LogP contribution < -0.4 is 0 Å². The van der Waals surface area contributed by atoms with Crippen LogP contribution in [0.15, 0.2) is 47.6 Å². The summed E-state index contributed by atoms with van der Waals surface area (Å²) in [6, 6.07) is 9.88. The molecule has 0 aliphatic carbocycles. The van der Waals surface area contributed by atoms with Crippen LogP contribution in [-0.2, 0) is 0 Å². The molecule has 0 aliphatic heterocycles. The lowest BCUT2D eigenvalue weighted by atomic mass is 10.1. The number of nitroso groups, excluding NO2 is 1. The van der Waals surface area contributed by atoms with E-state index in [9.17, 15) is 14.4 Å². The van der Waals surface area contributed by atoms with Gasteiger partial charge in [-0.1, -0.05) is 13.8 Å². The van der Waals surface area contributed by atoms with E-state index in [1.807, 2.05) is 13.8 Å². The van der Waals surface area contributed by atoms with Gasteiger partial charge < -0.3 is 5.11 Å². The van der Waals surface area contributed by atoms with Gasteiger partial charge in [-0.3, -0.25) is 9.67 Å². The second-order valence-corrected chi connectivity index (χ2v) is 4.84. The van der Waals surface area contributed by atoms with Gasteiger partial charge in [0.2, 0.25) is 0 Å². The molecule has 0 atom stereocenters. The second kappa shape index (κ2) is 7.60. The number of rotatable bonds is 3. The van der Waals surface area contributed by atoms with Gasteiger partial charge in [-0.05, 0) is 53.8 Å². The first kappa shape index (κ1) is 17.5. The molecule has 1 aromatic heterocycles. The van der Waals surface area contributed by atoms with Crippen LogP contribution in [0.4, 0.5) is 10.1 Å². The van der Waals surface area contributed by atoms with Gasteiger partial charge >= 0.3 is 0 Å². The predicted molar refractivity (Wildman–Crippen MR) is 92.6 cm³/mol. The van der Waals surface area contributed by atoms with Crippen molar-refractivity contribution in [1.82, 2.24) is 14.8 Å². The minimum Gasteiger partial charge on any atom is -0.507 e. The number of benzene rings is 2. The summed E-state index contributed by atoms with van der Waals surface area (Å²) in [6.45, 7) is 4.00. The first-order valence-electron chi connectivity index (χ1n) is 7.20. The quantitative estimate of drug-likeness (QED) is 0.524. The molecule has 0 radical (unpaired) electrons. The van der Waals surface area contributed by atoms with Gasteiger partial charge in [-0.2, -0.15) is 5.10 Å². The fourth-order valence-corrected chi connectivity index (χ4v) is 2.31. The Morgan fingerprint density at radius 1 is 1.21 bits per heavy atom. The number of aromatic amines is 1. The standard InChI is InChI=1S/C14H9FN4O2S.C2H6/c15-8-1-4-10(5-2-8)19-13(16-17-14(19)22)11-6-3-9(18-21)7-12(11)20;1-2/h1-7,20H,(H,17,22);1-2H3. The zero-order valence-electron chi connectivity index (χ0n) is 13.0. The van der Waals surface area contributed by atoms with Crippen molar-refractivity contribution >= 4 is 17.9 Å². The lowest BCUT2D eigenvalue weighted by Crippen LogP contribution is -1.98. The first-order valence-corrected chi connectivity index (χ1v) is 7.61. The van der Waals surface area contributed by atoms with E-state index >= 15 is 0 Å². The molecule has 3 aromatic rings. The predicted octanol–water partition coefficient (Wildman–Crippen LogP) is 4.87. The summed E-state index contributed by atoms with van der Waals surface area (Å²) in [6.07, 6.45) is 0. The third-order valence-corrected chi connectivity index (χ3v) is 3.36. The number of aromatic nitrogens is 3. The van der Waals surface area contributed by atoms with Crippen LogP contribution in [0, 0.1) is 15.5 Å². The molecule has 1 heterocycles. The second-order valence-electron chi connectivity index (χ2n) is 4.46. The van der Waals surface area contributed by atoms with E-state index in [4.69, 9.17) is 12.2 Å². The Hall–Kier alpha value is -2.87. The smallest absolute Gasteiger partial charge is 0.200 e. The normalized spacial score (nSPS) is 9.96. The summed E-state index contributed by atoms with van der Waals surface area (Å²) in [5.41, 5.74) is 1.06. The fourth-order valence-electron chi connectivity index (χ4n) is 2.07. The van der Waals surface area contributed by atoms with Crippen molar-refractivity contribution in [2.45, 2.75) is 13.8 Å². The number of aromatic hydroxyl groups is 1. The molecule has 0 unspecified atom stereocenters. The molecule has 0 spiro atoms. The Morgan fingerprint density at radius 2 is 1.88 bits per heavy atom. The van der Waals surface area contributed by atoms with Crippen molar-refractivity contribution in [3.05, 3.63) is 58.0 Å². The number of phenols is 1. The average Bonchev–Trinajstić information content (AvgIpc) is 2.98. The van der Waals surface area contributed by atoms with Gasteiger partial charge in [0.1, 0.15) is 17.3 Å². The maximum atomic E-state index is 13.1. The molecule has 3 rings (SSSR count). The highest BCUT2D eigenvalue weighted by Gasteiger charge is 2.15. The Morgan fingerprint density at radius 3 is 2.46 bits per heavy atom. The monoisotopic (exact) mass is 346 g/mol. The molecule has 124 valence electrons. The maximum absolute atomic E-state index is 13.1. The number of nitrogens with one attached hydrogen (secondary N) is 1. The largest absolute Gasteiger partial charge is 0.507 e. The number of phenolic OH excluding ortho intramolecular Hbond substituents is 1. The molecule has 0 fully saturated rings. The molecule has 8 heteroatoms. The molecule has 0 aliphatic rings. The van der Waals surface area contributed by atoms with Crippen LogP contribution in [0.1, 0.15) is 13.8 Å². The van der Waals surface area contributed by atoms with Crippen molar-refractivity contribution in [3.8, 4) is 22.8 Å². The van der Waals surface area contributed by atoms with Gasteiger partial charge in [0.05, 0.1) is 11.3 Å².